The minimum atomic E-state index is -2.75. The lowest BCUT2D eigenvalue weighted by molar-refractivity contribution is -0.146. The summed E-state index contributed by atoms with van der Waals surface area (Å²) in [5.41, 5.74) is 1.69. The monoisotopic (exact) mass is 528 g/mol. The molecule has 1 spiro atoms. The third-order valence-electron chi connectivity index (χ3n) is 8.00. The van der Waals surface area contributed by atoms with Gasteiger partial charge in [0.1, 0.15) is 0 Å². The van der Waals surface area contributed by atoms with Crippen molar-refractivity contribution in [1.82, 2.24) is 0 Å². The first-order valence-electron chi connectivity index (χ1n) is 12.6. The van der Waals surface area contributed by atoms with Gasteiger partial charge in [0, 0.05) is 47.3 Å². The van der Waals surface area contributed by atoms with Crippen LogP contribution in [0.3, 0.4) is 0 Å². The summed E-state index contributed by atoms with van der Waals surface area (Å²) in [5, 5.41) is 10.2. The van der Waals surface area contributed by atoms with E-state index in [1.807, 2.05) is 50.3 Å². The Balaban J connectivity index is 1.55. The van der Waals surface area contributed by atoms with E-state index in [1.165, 1.54) is 0 Å². The van der Waals surface area contributed by atoms with Gasteiger partial charge < -0.3 is 24.4 Å². The number of hydrogen-bond donors (Lipinski definition) is 2. The van der Waals surface area contributed by atoms with Gasteiger partial charge in [-0.25, -0.2) is 0 Å². The Bertz CT molecular complexity index is 1200. The van der Waals surface area contributed by atoms with E-state index in [4.69, 9.17) is 16.3 Å². The second kappa shape index (κ2) is 9.26. The summed E-state index contributed by atoms with van der Waals surface area (Å²) in [5.74, 6) is -0.365. The molecule has 7 nitrogen and oxygen atoms in total. The molecule has 3 aliphatic heterocycles. The molecule has 5 rings (SSSR count). The minimum absolute atomic E-state index is 0.0865. The van der Waals surface area contributed by atoms with Crippen LogP contribution in [-0.2, 0) is 26.5 Å². The highest BCUT2D eigenvalue weighted by Gasteiger charge is 2.66. The lowest BCUT2D eigenvalue weighted by Crippen LogP contribution is -2.46. The molecule has 3 aliphatic rings. The van der Waals surface area contributed by atoms with E-state index in [1.54, 1.807) is 21.9 Å². The molecule has 0 bridgehead atoms. The minimum Gasteiger partial charge on any atom is -0.432 e. The molecule has 2 amide bonds. The number of anilines is 2. The number of ether oxygens (including phenoxy) is 1. The maximum Gasteiger partial charge on any atom is 0.264 e. The van der Waals surface area contributed by atoms with Crippen molar-refractivity contribution < 1.29 is 24.2 Å². The Morgan fingerprint density at radius 3 is 2.64 bits per heavy atom. The molecule has 2 fully saturated rings. The smallest absolute Gasteiger partial charge is 0.264 e. The average molecular weight is 529 g/mol. The molecular weight excluding hydrogens is 496 g/mol. The third-order valence-corrected chi connectivity index (χ3v) is 10.7. The van der Waals surface area contributed by atoms with Crippen LogP contribution >= 0.6 is 11.6 Å². The van der Waals surface area contributed by atoms with Crippen LogP contribution in [0.5, 0.6) is 0 Å². The van der Waals surface area contributed by atoms with Crippen LogP contribution in [0, 0.1) is 5.92 Å². The second-order valence-electron chi connectivity index (χ2n) is 10.7. The number of fused-ring (bicyclic) bond motifs is 2. The van der Waals surface area contributed by atoms with Crippen molar-refractivity contribution in [3.8, 4) is 0 Å². The first kappa shape index (κ1) is 25.4. The van der Waals surface area contributed by atoms with Gasteiger partial charge in [-0.2, -0.15) is 0 Å². The van der Waals surface area contributed by atoms with Crippen LogP contribution in [0.25, 0.3) is 0 Å². The number of carbonyl (C=O) groups is 2. The maximum atomic E-state index is 14.3. The highest BCUT2D eigenvalue weighted by Crippen LogP contribution is 2.60. The van der Waals surface area contributed by atoms with Crippen LogP contribution in [0.1, 0.15) is 37.3 Å². The fourth-order valence-corrected chi connectivity index (χ4v) is 9.31. The molecule has 192 valence electrons. The maximum absolute atomic E-state index is 14.3. The van der Waals surface area contributed by atoms with E-state index in [-0.39, 0.29) is 29.9 Å². The van der Waals surface area contributed by atoms with Crippen molar-refractivity contribution in [2.45, 2.75) is 63.1 Å². The number of aliphatic hydroxyl groups excluding tert-OH is 1. The highest BCUT2D eigenvalue weighted by molar-refractivity contribution is 6.71. The molecule has 0 aliphatic carbocycles. The molecule has 0 radical (unpaired) electrons. The molecular formula is C27H33ClN2O5Si. The van der Waals surface area contributed by atoms with Gasteiger partial charge in [0.25, 0.3) is 5.91 Å². The van der Waals surface area contributed by atoms with Gasteiger partial charge in [-0.15, -0.1) is 0 Å². The predicted molar refractivity (Wildman–Crippen MR) is 142 cm³/mol. The SMILES string of the molecule is C[C@@H]1[C@@H]([Si](C)(C)O)[C@H](CCO)O[C@@]12C(=O)N(Cc1cccc(N3CCCC3=O)c1)c1ccc(Cl)cc12. The molecule has 9 heteroatoms. The molecule has 0 unspecified atom stereocenters. The molecule has 36 heavy (non-hydrogen) atoms. The summed E-state index contributed by atoms with van der Waals surface area (Å²) in [6.07, 6.45) is 1.32. The first-order chi connectivity index (χ1) is 17.1. The van der Waals surface area contributed by atoms with Crippen LogP contribution in [-0.4, -0.2) is 49.3 Å². The molecule has 0 saturated carbocycles. The first-order valence-corrected chi connectivity index (χ1v) is 16.0. The number of amides is 2. The van der Waals surface area contributed by atoms with E-state index >= 15 is 0 Å². The van der Waals surface area contributed by atoms with Crippen LogP contribution in [0.2, 0.25) is 23.7 Å². The zero-order chi connectivity index (χ0) is 25.8. The molecule has 2 aromatic rings. The Hall–Kier alpha value is -2.23. The number of rotatable bonds is 6. The van der Waals surface area contributed by atoms with E-state index < -0.39 is 20.0 Å². The van der Waals surface area contributed by atoms with Crippen LogP contribution in [0.4, 0.5) is 11.4 Å². The van der Waals surface area contributed by atoms with Crippen molar-refractivity contribution in [3.05, 3.63) is 58.6 Å². The van der Waals surface area contributed by atoms with Gasteiger partial charge >= 0.3 is 0 Å². The number of nitrogens with zero attached hydrogens (tertiary/aromatic N) is 2. The molecule has 3 heterocycles. The lowest BCUT2D eigenvalue weighted by Gasteiger charge is -2.32. The largest absolute Gasteiger partial charge is 0.432 e. The number of halogens is 1. The zero-order valence-electron chi connectivity index (χ0n) is 20.9. The fourth-order valence-electron chi connectivity index (χ4n) is 6.53. The summed E-state index contributed by atoms with van der Waals surface area (Å²) >= 11 is 6.42. The van der Waals surface area contributed by atoms with Gasteiger partial charge in [0.05, 0.1) is 18.3 Å². The van der Waals surface area contributed by atoms with Gasteiger partial charge in [-0.05, 0) is 61.8 Å². The van der Waals surface area contributed by atoms with Gasteiger partial charge in [-0.1, -0.05) is 30.7 Å². The predicted octanol–water partition coefficient (Wildman–Crippen LogP) is 4.19. The second-order valence-corrected chi connectivity index (χ2v) is 15.2. The summed E-state index contributed by atoms with van der Waals surface area (Å²) in [6, 6.07) is 13.2. The summed E-state index contributed by atoms with van der Waals surface area (Å²) in [4.78, 5) is 41.3. The number of hydrogen-bond acceptors (Lipinski definition) is 5. The van der Waals surface area contributed by atoms with Crippen molar-refractivity contribution in [1.29, 1.82) is 0 Å². The molecule has 2 aromatic carbocycles. The standard InChI is InChI=1S/C27H33ClN2O5Si/c1-17-25(36(2,3)34)23(11-13-31)35-27(17)21-15-19(28)9-10-22(21)30(26(27)33)16-18-6-4-7-20(14-18)29-12-5-8-24(29)32/h4,6-7,9-10,14-15,17,23,25,31,34H,5,8,11-13,16H2,1-3H3/t17-,23+,25-,27+/m1/s1. The lowest BCUT2D eigenvalue weighted by atomic mass is 9.82. The van der Waals surface area contributed by atoms with Crippen LogP contribution < -0.4 is 9.80 Å². The van der Waals surface area contributed by atoms with Gasteiger partial charge in [-0.3, -0.25) is 9.59 Å². The fraction of sp³-hybridized carbons (Fsp3) is 0.481. The Morgan fingerprint density at radius 2 is 1.97 bits per heavy atom. The average Bonchev–Trinajstić information content (AvgIpc) is 3.44. The normalized spacial score (nSPS) is 28.0. The van der Waals surface area contributed by atoms with Crippen molar-refractivity contribution in [2.24, 2.45) is 5.92 Å². The van der Waals surface area contributed by atoms with E-state index in [2.05, 4.69) is 0 Å². The summed E-state index contributed by atoms with van der Waals surface area (Å²) < 4.78 is 6.59. The highest BCUT2D eigenvalue weighted by atomic mass is 35.5. The van der Waals surface area contributed by atoms with E-state index in [9.17, 15) is 19.5 Å². The molecule has 2 saturated heterocycles. The van der Waals surface area contributed by atoms with E-state index in [0.717, 1.165) is 23.4 Å². The van der Waals surface area contributed by atoms with E-state index in [0.29, 0.717) is 36.5 Å². The molecule has 2 N–H and O–H groups in total. The zero-order valence-corrected chi connectivity index (χ0v) is 22.7. The van der Waals surface area contributed by atoms with Crippen molar-refractivity contribution in [3.63, 3.8) is 0 Å². The van der Waals surface area contributed by atoms with Crippen LogP contribution in [0.15, 0.2) is 42.5 Å². The van der Waals surface area contributed by atoms with Crippen molar-refractivity contribution >= 4 is 43.1 Å². The topological polar surface area (TPSA) is 90.3 Å². The van der Waals surface area contributed by atoms with Crippen molar-refractivity contribution in [2.75, 3.05) is 23.0 Å². The van der Waals surface area contributed by atoms with Gasteiger partial charge in [0.15, 0.2) is 13.9 Å². The third kappa shape index (κ3) is 3.99. The number of carbonyl (C=O) groups excluding carboxylic acids is 2. The molecule has 4 atom stereocenters. The van der Waals surface area contributed by atoms with Gasteiger partial charge in [0.2, 0.25) is 5.91 Å². The summed E-state index contributed by atoms with van der Waals surface area (Å²) in [6.45, 7) is 6.63. The number of aliphatic hydroxyl groups is 1. The quantitative estimate of drug-likeness (QED) is 0.549. The Kier molecular flexibility index (Phi) is 6.54. The Morgan fingerprint density at radius 1 is 1.19 bits per heavy atom. The summed E-state index contributed by atoms with van der Waals surface area (Å²) in [7, 11) is -2.75. The number of benzene rings is 2. The molecule has 0 aromatic heterocycles. The Labute approximate surface area is 217 Å².